The molecule has 2 aliphatic rings. The first-order valence-electron chi connectivity index (χ1n) is 13.0. The molecule has 3 aromatic carbocycles. The Hall–Kier alpha value is -3.23. The number of fused-ring (bicyclic) bond motifs is 4. The molecule has 0 bridgehead atoms. The van der Waals surface area contributed by atoms with Crippen LogP contribution in [-0.4, -0.2) is 38.9 Å². The van der Waals surface area contributed by atoms with Gasteiger partial charge in [-0.25, -0.2) is 8.60 Å². The minimum Gasteiger partial charge on any atom is -0.493 e. The lowest BCUT2D eigenvalue weighted by molar-refractivity contribution is -0.136. The summed E-state index contributed by atoms with van der Waals surface area (Å²) in [4.78, 5) is 11.9. The van der Waals surface area contributed by atoms with Gasteiger partial charge in [-0.2, -0.15) is 0 Å². The lowest BCUT2D eigenvalue weighted by Crippen LogP contribution is -2.30. The zero-order chi connectivity index (χ0) is 28.6. The van der Waals surface area contributed by atoms with Crippen LogP contribution in [0.25, 0.3) is 22.3 Å². The summed E-state index contributed by atoms with van der Waals surface area (Å²) in [5.74, 6) is -0.429. The third kappa shape index (κ3) is 6.02. The van der Waals surface area contributed by atoms with Crippen LogP contribution in [0, 0.1) is 19.7 Å². The van der Waals surface area contributed by atoms with Crippen LogP contribution in [-0.2, 0) is 35.2 Å². The van der Waals surface area contributed by atoms with E-state index in [2.05, 4.69) is 6.07 Å². The lowest BCUT2D eigenvalue weighted by Gasteiger charge is -2.35. The van der Waals surface area contributed by atoms with Gasteiger partial charge in [-0.05, 0) is 105 Å². The van der Waals surface area contributed by atoms with Crippen molar-refractivity contribution in [2.45, 2.75) is 66.0 Å². The number of carboxylic acids is 1. The molecule has 0 spiro atoms. The second-order valence-electron chi connectivity index (χ2n) is 11.1. The Labute approximate surface area is 232 Å². The third-order valence-electron chi connectivity index (χ3n) is 6.85. The van der Waals surface area contributed by atoms with E-state index >= 15 is 4.39 Å². The van der Waals surface area contributed by atoms with Crippen LogP contribution in [0.4, 0.5) is 10.1 Å². The summed E-state index contributed by atoms with van der Waals surface area (Å²) >= 11 is 0. The van der Waals surface area contributed by atoms with Crippen LogP contribution in [0.2, 0.25) is 0 Å². The zero-order valence-electron chi connectivity index (χ0n) is 23.4. The molecule has 0 amide bonds. The van der Waals surface area contributed by atoms with E-state index in [1.807, 2.05) is 32.0 Å². The molecule has 0 radical (unpaired) electrons. The number of halogens is 1. The molecule has 2 aliphatic heterocycles. The highest BCUT2D eigenvalue weighted by atomic mass is 32.2. The van der Waals surface area contributed by atoms with Crippen molar-refractivity contribution in [3.63, 3.8) is 0 Å². The molecule has 8 heteroatoms. The molecular formula is C31H36FNO5S. The molecule has 0 saturated heterocycles. The predicted molar refractivity (Wildman–Crippen MR) is 154 cm³/mol. The number of nitrogens with zero attached hydrogens (tertiary/aromatic N) is 1. The number of rotatable bonds is 4. The molecule has 2 N–H and O–H groups in total. The molecule has 208 valence electrons. The monoisotopic (exact) mass is 553 g/mol. The minimum absolute atomic E-state index is 0.183. The summed E-state index contributed by atoms with van der Waals surface area (Å²) in [6, 6.07) is 10.9. The number of carbonyl (C=O) groups is 1. The van der Waals surface area contributed by atoms with Crippen LogP contribution in [0.1, 0.15) is 55.0 Å². The molecule has 0 aromatic heterocycles. The maximum absolute atomic E-state index is 15.3. The molecule has 0 saturated carbocycles. The van der Waals surface area contributed by atoms with Crippen molar-refractivity contribution in [3.05, 3.63) is 70.0 Å². The molecule has 1 atom stereocenters. The first-order valence-corrected chi connectivity index (χ1v) is 14.5. The summed E-state index contributed by atoms with van der Waals surface area (Å²) in [5.41, 5.74) is 7.04. The van der Waals surface area contributed by atoms with E-state index < -0.39 is 22.6 Å². The summed E-state index contributed by atoms with van der Waals surface area (Å²) in [7, 11) is -1.37. The van der Waals surface area contributed by atoms with E-state index in [1.165, 1.54) is 6.07 Å². The maximum Gasteiger partial charge on any atom is 0.307 e. The van der Waals surface area contributed by atoms with Gasteiger partial charge in [0.2, 0.25) is 0 Å². The van der Waals surface area contributed by atoms with Crippen molar-refractivity contribution in [1.29, 1.82) is 0 Å². The largest absolute Gasteiger partial charge is 0.493 e. The number of aliphatic carboxylic acids is 1. The number of hydrogen-bond donors (Lipinski definition) is 2. The Kier molecular flexibility index (Phi) is 8.19. The van der Waals surface area contributed by atoms with Crippen LogP contribution in [0.5, 0.6) is 5.75 Å². The first kappa shape index (κ1) is 28.8. The van der Waals surface area contributed by atoms with E-state index in [-0.39, 0.29) is 12.2 Å². The molecule has 0 fully saturated rings. The SMILES string of the molecule is CC(C)(C)O.Cc1c(-c2ccc3c(c2)CCCO3)c(CC(=O)O)c(C)c2c1-c1c(F)cccc1CN2S(C)=O. The molecule has 1 unspecified atom stereocenters. The fourth-order valence-electron chi connectivity index (χ4n) is 5.38. The van der Waals surface area contributed by atoms with Crippen molar-refractivity contribution in [1.82, 2.24) is 0 Å². The van der Waals surface area contributed by atoms with E-state index in [4.69, 9.17) is 9.84 Å². The average molecular weight is 554 g/mol. The van der Waals surface area contributed by atoms with Gasteiger partial charge in [0, 0.05) is 17.4 Å². The fraction of sp³-hybridized carbons (Fsp3) is 0.387. The third-order valence-corrected chi connectivity index (χ3v) is 7.78. The lowest BCUT2D eigenvalue weighted by atomic mass is 9.80. The molecule has 2 heterocycles. The molecule has 39 heavy (non-hydrogen) atoms. The summed E-state index contributed by atoms with van der Waals surface area (Å²) in [5, 5.41) is 18.3. The Morgan fingerprint density at radius 2 is 1.77 bits per heavy atom. The second-order valence-corrected chi connectivity index (χ2v) is 12.4. The number of hydrogen-bond acceptors (Lipinski definition) is 4. The maximum atomic E-state index is 15.3. The average Bonchev–Trinajstić information content (AvgIpc) is 2.85. The van der Waals surface area contributed by atoms with Gasteiger partial charge in [-0.3, -0.25) is 9.10 Å². The number of ether oxygens (including phenoxy) is 1. The Morgan fingerprint density at radius 1 is 1.08 bits per heavy atom. The number of benzene rings is 3. The minimum atomic E-state index is -1.37. The highest BCUT2D eigenvalue weighted by Gasteiger charge is 2.33. The standard InChI is InChI=1S/C27H26FNO4S.C4H10O/c1-15-20(13-23(30)31)24(18-9-10-22-17(12-18)7-5-11-33-22)16(2)25-26-19(6-4-8-21(26)28)14-29(27(15)25)34(3)32;1-4(2,3)5/h4,6,8-10,12H,5,7,11,13-14H2,1-3H3,(H,30,31);5H,1-3H3. The van der Waals surface area contributed by atoms with E-state index in [0.717, 1.165) is 52.0 Å². The van der Waals surface area contributed by atoms with Gasteiger partial charge in [-0.15, -0.1) is 0 Å². The Bertz CT molecular complexity index is 1450. The van der Waals surface area contributed by atoms with Crippen molar-refractivity contribution in [2.24, 2.45) is 0 Å². The summed E-state index contributed by atoms with van der Waals surface area (Å²) in [6.07, 6.45) is 3.23. The van der Waals surface area contributed by atoms with Gasteiger partial charge in [-0.1, -0.05) is 18.2 Å². The molecule has 3 aromatic rings. The molecular weight excluding hydrogens is 517 g/mol. The number of aliphatic hydroxyl groups is 1. The van der Waals surface area contributed by atoms with Gasteiger partial charge in [0.1, 0.15) is 22.6 Å². The zero-order valence-corrected chi connectivity index (χ0v) is 24.2. The topological polar surface area (TPSA) is 87.1 Å². The van der Waals surface area contributed by atoms with Gasteiger partial charge in [0.15, 0.2) is 0 Å². The molecule has 5 rings (SSSR count). The normalized spacial score (nSPS) is 14.7. The number of anilines is 1. The van der Waals surface area contributed by atoms with Crippen LogP contribution < -0.4 is 9.04 Å². The van der Waals surface area contributed by atoms with Crippen molar-refractivity contribution in [3.8, 4) is 28.0 Å². The highest BCUT2D eigenvalue weighted by Crippen LogP contribution is 2.50. The van der Waals surface area contributed by atoms with Crippen LogP contribution in [0.15, 0.2) is 36.4 Å². The molecule has 0 aliphatic carbocycles. The Balaban J connectivity index is 0.000000648. The van der Waals surface area contributed by atoms with E-state index in [0.29, 0.717) is 35.5 Å². The van der Waals surface area contributed by atoms with E-state index in [1.54, 1.807) is 37.4 Å². The van der Waals surface area contributed by atoms with Gasteiger partial charge in [0.25, 0.3) is 0 Å². The van der Waals surface area contributed by atoms with Crippen LogP contribution >= 0.6 is 0 Å². The first-order chi connectivity index (χ1) is 18.3. The van der Waals surface area contributed by atoms with Gasteiger partial charge in [0.05, 0.1) is 30.9 Å². The predicted octanol–water partition coefficient (Wildman–Crippen LogP) is 6.12. The van der Waals surface area contributed by atoms with Crippen molar-refractivity contribution >= 4 is 22.6 Å². The number of carboxylic acid groups (broad SMARTS) is 1. The van der Waals surface area contributed by atoms with Crippen molar-refractivity contribution in [2.75, 3.05) is 17.2 Å². The summed E-state index contributed by atoms with van der Waals surface area (Å²) < 4.78 is 35.6. The quantitative estimate of drug-likeness (QED) is 0.407. The highest BCUT2D eigenvalue weighted by molar-refractivity contribution is 7.85. The fourth-order valence-corrected chi connectivity index (χ4v) is 6.18. The molecule has 6 nitrogen and oxygen atoms in total. The van der Waals surface area contributed by atoms with Gasteiger partial charge >= 0.3 is 5.97 Å². The van der Waals surface area contributed by atoms with Crippen molar-refractivity contribution < 1.29 is 28.3 Å². The number of aryl methyl sites for hydroxylation is 1. The van der Waals surface area contributed by atoms with Crippen LogP contribution in [0.3, 0.4) is 0 Å². The second kappa shape index (κ2) is 11.1. The smallest absolute Gasteiger partial charge is 0.307 e. The Morgan fingerprint density at radius 3 is 2.41 bits per heavy atom. The van der Waals surface area contributed by atoms with E-state index in [9.17, 15) is 14.1 Å². The van der Waals surface area contributed by atoms with Gasteiger partial charge < -0.3 is 14.9 Å². The summed E-state index contributed by atoms with van der Waals surface area (Å²) in [6.45, 7) is 9.98.